The van der Waals surface area contributed by atoms with Gasteiger partial charge in [-0.1, -0.05) is 52.8 Å². The predicted molar refractivity (Wildman–Crippen MR) is 63.2 cm³/mol. The summed E-state index contributed by atoms with van der Waals surface area (Å²) < 4.78 is 0. The highest BCUT2D eigenvalue weighted by atomic mass is 16.3. The molecule has 0 radical (unpaired) electrons. The fourth-order valence-corrected chi connectivity index (χ4v) is 1.16. The predicted octanol–water partition coefficient (Wildman–Crippen LogP) is 3.55. The van der Waals surface area contributed by atoms with E-state index in [9.17, 15) is 0 Å². The first-order chi connectivity index (χ1) is 6.22. The Hall–Kier alpha value is -0.560. The van der Waals surface area contributed by atoms with Crippen molar-refractivity contribution in [1.29, 1.82) is 0 Å². The summed E-state index contributed by atoms with van der Waals surface area (Å²) in [6, 6.07) is 0. The molecule has 0 amide bonds. The van der Waals surface area contributed by atoms with Gasteiger partial charge in [0.05, 0.1) is 6.10 Å². The molecule has 0 aliphatic carbocycles. The summed E-state index contributed by atoms with van der Waals surface area (Å²) in [6.45, 7) is 12.7. The molecule has 0 heterocycles. The van der Waals surface area contributed by atoms with E-state index in [2.05, 4.69) is 40.7 Å². The SMILES string of the molecule is CC(O)C=CC(=CC(C)(C)C)C(C)C. The maximum atomic E-state index is 9.17. The Morgan fingerprint density at radius 3 is 1.93 bits per heavy atom. The van der Waals surface area contributed by atoms with Crippen LogP contribution in [0.3, 0.4) is 0 Å². The molecule has 82 valence electrons. The Balaban J connectivity index is 4.70. The molecule has 1 unspecified atom stereocenters. The first-order valence-corrected chi connectivity index (χ1v) is 5.31. The van der Waals surface area contributed by atoms with E-state index in [1.54, 1.807) is 6.92 Å². The summed E-state index contributed by atoms with van der Waals surface area (Å²) >= 11 is 0. The van der Waals surface area contributed by atoms with Crippen LogP contribution in [-0.4, -0.2) is 11.2 Å². The normalized spacial score (nSPS) is 16.7. The van der Waals surface area contributed by atoms with Gasteiger partial charge in [-0.3, -0.25) is 0 Å². The third kappa shape index (κ3) is 6.90. The highest BCUT2D eigenvalue weighted by Crippen LogP contribution is 2.22. The summed E-state index contributed by atoms with van der Waals surface area (Å²) in [6.07, 6.45) is 5.76. The fraction of sp³-hybridized carbons (Fsp3) is 0.692. The third-order valence-corrected chi connectivity index (χ3v) is 1.83. The lowest BCUT2D eigenvalue weighted by Crippen LogP contribution is -2.04. The lowest BCUT2D eigenvalue weighted by atomic mass is 9.89. The van der Waals surface area contributed by atoms with Crippen LogP contribution in [0.1, 0.15) is 41.5 Å². The molecule has 14 heavy (non-hydrogen) atoms. The number of rotatable bonds is 3. The van der Waals surface area contributed by atoms with Gasteiger partial charge in [0.2, 0.25) is 0 Å². The van der Waals surface area contributed by atoms with Gasteiger partial charge in [0.1, 0.15) is 0 Å². The van der Waals surface area contributed by atoms with Crippen molar-refractivity contribution in [2.75, 3.05) is 0 Å². The zero-order valence-corrected chi connectivity index (χ0v) is 10.3. The van der Waals surface area contributed by atoms with Crippen LogP contribution in [0.2, 0.25) is 0 Å². The quantitative estimate of drug-likeness (QED) is 0.684. The van der Waals surface area contributed by atoms with Crippen molar-refractivity contribution in [3.05, 3.63) is 23.8 Å². The molecule has 0 aromatic rings. The highest BCUT2D eigenvalue weighted by Gasteiger charge is 2.09. The number of hydrogen-bond donors (Lipinski definition) is 1. The molecule has 1 nitrogen and oxygen atoms in total. The summed E-state index contributed by atoms with van der Waals surface area (Å²) in [5.74, 6) is 0.504. The number of aliphatic hydroxyl groups is 1. The molecule has 0 spiro atoms. The molecule has 0 aromatic carbocycles. The molecule has 1 heteroatoms. The summed E-state index contributed by atoms with van der Waals surface area (Å²) in [4.78, 5) is 0. The summed E-state index contributed by atoms with van der Waals surface area (Å²) in [7, 11) is 0. The van der Waals surface area contributed by atoms with Gasteiger partial charge in [-0.25, -0.2) is 0 Å². The Kier molecular flexibility index (Phi) is 5.14. The second-order valence-electron chi connectivity index (χ2n) is 5.26. The zero-order chi connectivity index (χ0) is 11.4. The molecule has 0 aromatic heterocycles. The Bertz CT molecular complexity index is 214. The van der Waals surface area contributed by atoms with Crippen molar-refractivity contribution in [1.82, 2.24) is 0 Å². The molecule has 0 saturated heterocycles. The molecule has 0 fully saturated rings. The van der Waals surface area contributed by atoms with E-state index < -0.39 is 0 Å². The maximum Gasteiger partial charge on any atom is 0.0695 e. The Morgan fingerprint density at radius 2 is 1.64 bits per heavy atom. The molecular weight excluding hydrogens is 172 g/mol. The van der Waals surface area contributed by atoms with Crippen LogP contribution in [0.25, 0.3) is 0 Å². The van der Waals surface area contributed by atoms with E-state index in [1.165, 1.54) is 5.57 Å². The van der Waals surface area contributed by atoms with Gasteiger partial charge in [0.15, 0.2) is 0 Å². The second kappa shape index (κ2) is 5.35. The lowest BCUT2D eigenvalue weighted by molar-refractivity contribution is 0.244. The van der Waals surface area contributed by atoms with E-state index in [-0.39, 0.29) is 11.5 Å². The van der Waals surface area contributed by atoms with Gasteiger partial charge < -0.3 is 5.11 Å². The van der Waals surface area contributed by atoms with E-state index in [0.29, 0.717) is 5.92 Å². The number of hydrogen-bond acceptors (Lipinski definition) is 1. The first-order valence-electron chi connectivity index (χ1n) is 5.31. The largest absolute Gasteiger partial charge is 0.389 e. The Morgan fingerprint density at radius 1 is 1.14 bits per heavy atom. The van der Waals surface area contributed by atoms with E-state index in [1.807, 2.05) is 12.2 Å². The topological polar surface area (TPSA) is 20.2 Å². The van der Waals surface area contributed by atoms with Crippen molar-refractivity contribution in [3.8, 4) is 0 Å². The van der Waals surface area contributed by atoms with Crippen LogP contribution in [0.15, 0.2) is 23.8 Å². The molecule has 0 saturated carbocycles. The van der Waals surface area contributed by atoms with Crippen LogP contribution in [0.4, 0.5) is 0 Å². The van der Waals surface area contributed by atoms with Crippen molar-refractivity contribution < 1.29 is 5.11 Å². The van der Waals surface area contributed by atoms with Crippen molar-refractivity contribution in [2.24, 2.45) is 11.3 Å². The van der Waals surface area contributed by atoms with Gasteiger partial charge >= 0.3 is 0 Å². The molecular formula is C13H24O. The average molecular weight is 196 g/mol. The minimum absolute atomic E-state index is 0.197. The zero-order valence-electron chi connectivity index (χ0n) is 10.3. The number of aliphatic hydroxyl groups excluding tert-OH is 1. The van der Waals surface area contributed by atoms with Gasteiger partial charge in [0.25, 0.3) is 0 Å². The second-order valence-corrected chi connectivity index (χ2v) is 5.26. The standard InChI is InChI=1S/C13H24O/c1-10(2)12(8-7-11(3)14)9-13(4,5)6/h7-11,14H,1-6H3. The molecule has 0 aliphatic heterocycles. The molecule has 1 atom stereocenters. The van der Waals surface area contributed by atoms with Crippen molar-refractivity contribution in [3.63, 3.8) is 0 Å². The monoisotopic (exact) mass is 196 g/mol. The van der Waals surface area contributed by atoms with Crippen LogP contribution in [-0.2, 0) is 0 Å². The van der Waals surface area contributed by atoms with Crippen LogP contribution in [0.5, 0.6) is 0 Å². The molecule has 1 N–H and O–H groups in total. The molecule has 0 rings (SSSR count). The lowest BCUT2D eigenvalue weighted by Gasteiger charge is -2.17. The summed E-state index contributed by atoms with van der Waals surface area (Å²) in [5.41, 5.74) is 1.49. The number of allylic oxidation sites excluding steroid dienone is 3. The minimum atomic E-state index is -0.364. The molecule has 0 bridgehead atoms. The third-order valence-electron chi connectivity index (χ3n) is 1.83. The summed E-state index contributed by atoms with van der Waals surface area (Å²) in [5, 5.41) is 9.17. The Labute approximate surface area is 88.5 Å². The van der Waals surface area contributed by atoms with Crippen LogP contribution >= 0.6 is 0 Å². The van der Waals surface area contributed by atoms with E-state index >= 15 is 0 Å². The van der Waals surface area contributed by atoms with E-state index in [4.69, 9.17) is 5.11 Å². The molecule has 0 aliphatic rings. The van der Waals surface area contributed by atoms with Crippen molar-refractivity contribution >= 4 is 0 Å². The van der Waals surface area contributed by atoms with Crippen LogP contribution < -0.4 is 0 Å². The first kappa shape index (κ1) is 13.4. The smallest absolute Gasteiger partial charge is 0.0695 e. The van der Waals surface area contributed by atoms with Gasteiger partial charge in [-0.05, 0) is 23.8 Å². The van der Waals surface area contributed by atoms with Gasteiger partial charge in [-0.15, -0.1) is 0 Å². The van der Waals surface area contributed by atoms with Crippen LogP contribution in [0, 0.1) is 11.3 Å². The van der Waals surface area contributed by atoms with Gasteiger partial charge in [0, 0.05) is 0 Å². The minimum Gasteiger partial charge on any atom is -0.389 e. The van der Waals surface area contributed by atoms with Gasteiger partial charge in [-0.2, -0.15) is 0 Å². The van der Waals surface area contributed by atoms with Crippen molar-refractivity contribution in [2.45, 2.75) is 47.6 Å². The highest BCUT2D eigenvalue weighted by molar-refractivity contribution is 5.23. The average Bonchev–Trinajstić information content (AvgIpc) is 1.94. The maximum absolute atomic E-state index is 9.17. The van der Waals surface area contributed by atoms with E-state index in [0.717, 1.165) is 0 Å². The fourth-order valence-electron chi connectivity index (χ4n) is 1.16.